The van der Waals surface area contributed by atoms with Crippen molar-refractivity contribution in [3.05, 3.63) is 35.8 Å². The minimum absolute atomic E-state index is 0.0489. The third-order valence-electron chi connectivity index (χ3n) is 2.93. The Morgan fingerprint density at radius 3 is 2.38 bits per heavy atom. The summed E-state index contributed by atoms with van der Waals surface area (Å²) < 4.78 is 17.1. The Labute approximate surface area is 129 Å². The molecule has 0 aliphatic carbocycles. The van der Waals surface area contributed by atoms with Crippen molar-refractivity contribution in [3.63, 3.8) is 0 Å². The first-order chi connectivity index (χ1) is 10.2. The SMILES string of the molecule is CCC(C)Oc1ccc(OCC(C)Oc2nccs2)cc1. The van der Waals surface area contributed by atoms with Crippen molar-refractivity contribution in [2.45, 2.75) is 39.4 Å². The number of nitrogens with zero attached hydrogens (tertiary/aromatic N) is 1. The van der Waals surface area contributed by atoms with Crippen LogP contribution in [0.25, 0.3) is 0 Å². The average molecular weight is 307 g/mol. The van der Waals surface area contributed by atoms with E-state index >= 15 is 0 Å². The van der Waals surface area contributed by atoms with Crippen molar-refractivity contribution >= 4 is 11.3 Å². The van der Waals surface area contributed by atoms with Gasteiger partial charge in [0.1, 0.15) is 24.2 Å². The van der Waals surface area contributed by atoms with Crippen molar-refractivity contribution < 1.29 is 14.2 Å². The van der Waals surface area contributed by atoms with Crippen LogP contribution in [0.3, 0.4) is 0 Å². The molecule has 0 spiro atoms. The Bertz CT molecular complexity index is 513. The number of benzene rings is 1. The van der Waals surface area contributed by atoms with Gasteiger partial charge in [-0.2, -0.15) is 0 Å². The van der Waals surface area contributed by atoms with E-state index in [2.05, 4.69) is 18.8 Å². The Kier molecular flexibility index (Phi) is 5.87. The normalized spacial score (nSPS) is 13.5. The molecule has 5 heteroatoms. The van der Waals surface area contributed by atoms with Crippen LogP contribution >= 0.6 is 11.3 Å². The molecule has 0 radical (unpaired) electrons. The van der Waals surface area contributed by atoms with E-state index in [1.807, 2.05) is 36.6 Å². The van der Waals surface area contributed by atoms with Crippen molar-refractivity contribution in [2.75, 3.05) is 6.61 Å². The quantitative estimate of drug-likeness (QED) is 0.734. The molecule has 114 valence electrons. The van der Waals surface area contributed by atoms with E-state index < -0.39 is 0 Å². The zero-order chi connectivity index (χ0) is 15.1. The highest BCUT2D eigenvalue weighted by Gasteiger charge is 2.07. The summed E-state index contributed by atoms with van der Waals surface area (Å²) in [6.07, 6.45) is 2.89. The summed E-state index contributed by atoms with van der Waals surface area (Å²) in [5.41, 5.74) is 0. The molecule has 1 aromatic heterocycles. The van der Waals surface area contributed by atoms with Crippen molar-refractivity contribution in [3.8, 4) is 16.7 Å². The molecule has 0 saturated carbocycles. The Balaban J connectivity index is 1.77. The number of ether oxygens (including phenoxy) is 3. The minimum Gasteiger partial charge on any atom is -0.491 e. The maximum Gasteiger partial charge on any atom is 0.273 e. The van der Waals surface area contributed by atoms with Gasteiger partial charge >= 0.3 is 0 Å². The molecule has 2 aromatic rings. The maximum absolute atomic E-state index is 5.73. The van der Waals surface area contributed by atoms with E-state index in [0.717, 1.165) is 17.9 Å². The van der Waals surface area contributed by atoms with Gasteiger partial charge in [0.15, 0.2) is 0 Å². The second-order valence-corrected chi connectivity index (χ2v) is 5.70. The smallest absolute Gasteiger partial charge is 0.273 e. The molecule has 2 atom stereocenters. The van der Waals surface area contributed by atoms with Gasteiger partial charge in [-0.15, -0.1) is 0 Å². The molecule has 2 rings (SSSR count). The number of hydrogen-bond acceptors (Lipinski definition) is 5. The first-order valence-corrected chi connectivity index (χ1v) is 8.01. The Morgan fingerprint density at radius 1 is 1.05 bits per heavy atom. The van der Waals surface area contributed by atoms with Gasteiger partial charge in [-0.3, -0.25) is 0 Å². The van der Waals surface area contributed by atoms with Crippen LogP contribution in [0.2, 0.25) is 0 Å². The fraction of sp³-hybridized carbons (Fsp3) is 0.438. The third-order valence-corrected chi connectivity index (χ3v) is 3.59. The monoisotopic (exact) mass is 307 g/mol. The van der Waals surface area contributed by atoms with Gasteiger partial charge < -0.3 is 14.2 Å². The Morgan fingerprint density at radius 2 is 1.76 bits per heavy atom. The van der Waals surface area contributed by atoms with E-state index in [1.165, 1.54) is 11.3 Å². The number of aromatic nitrogens is 1. The summed E-state index contributed by atoms with van der Waals surface area (Å²) in [7, 11) is 0. The molecule has 1 aromatic carbocycles. The lowest BCUT2D eigenvalue weighted by Crippen LogP contribution is -2.20. The van der Waals surface area contributed by atoms with E-state index in [1.54, 1.807) is 6.20 Å². The summed E-state index contributed by atoms with van der Waals surface area (Å²) >= 11 is 1.48. The highest BCUT2D eigenvalue weighted by molar-refractivity contribution is 7.11. The van der Waals surface area contributed by atoms with Crippen molar-refractivity contribution in [2.24, 2.45) is 0 Å². The highest BCUT2D eigenvalue weighted by Crippen LogP contribution is 2.20. The molecule has 0 aliphatic heterocycles. The molecule has 0 amide bonds. The molecular weight excluding hydrogens is 286 g/mol. The molecule has 21 heavy (non-hydrogen) atoms. The lowest BCUT2D eigenvalue weighted by molar-refractivity contribution is 0.142. The summed E-state index contributed by atoms with van der Waals surface area (Å²) in [5.74, 6) is 1.67. The van der Waals surface area contributed by atoms with Crippen LogP contribution < -0.4 is 14.2 Å². The highest BCUT2D eigenvalue weighted by atomic mass is 32.1. The van der Waals surface area contributed by atoms with Gasteiger partial charge in [0.25, 0.3) is 5.19 Å². The number of hydrogen-bond donors (Lipinski definition) is 0. The van der Waals surface area contributed by atoms with Gasteiger partial charge in [0.05, 0.1) is 6.10 Å². The predicted molar refractivity (Wildman–Crippen MR) is 84.5 cm³/mol. The molecule has 0 saturated heterocycles. The number of thiazole rings is 1. The summed E-state index contributed by atoms with van der Waals surface area (Å²) in [6, 6.07) is 7.67. The first kappa shape index (κ1) is 15.6. The van der Waals surface area contributed by atoms with Crippen LogP contribution in [0, 0.1) is 0 Å². The first-order valence-electron chi connectivity index (χ1n) is 7.13. The molecule has 0 fully saturated rings. The van der Waals surface area contributed by atoms with Crippen LogP contribution in [-0.2, 0) is 0 Å². The molecule has 0 bridgehead atoms. The van der Waals surface area contributed by atoms with Crippen LogP contribution in [0.15, 0.2) is 35.8 Å². The number of rotatable bonds is 8. The van der Waals surface area contributed by atoms with E-state index in [0.29, 0.717) is 11.8 Å². The summed E-state index contributed by atoms with van der Waals surface area (Å²) in [6.45, 7) is 6.60. The second-order valence-electron chi connectivity index (χ2n) is 4.85. The fourth-order valence-electron chi connectivity index (χ4n) is 1.62. The molecule has 0 aliphatic rings. The molecule has 4 nitrogen and oxygen atoms in total. The topological polar surface area (TPSA) is 40.6 Å². The lowest BCUT2D eigenvalue weighted by Gasteiger charge is -2.15. The largest absolute Gasteiger partial charge is 0.491 e. The van der Waals surface area contributed by atoms with E-state index in [4.69, 9.17) is 14.2 Å². The van der Waals surface area contributed by atoms with Crippen LogP contribution in [0.5, 0.6) is 16.7 Å². The molecular formula is C16H21NO3S. The van der Waals surface area contributed by atoms with Gasteiger partial charge in [-0.25, -0.2) is 4.98 Å². The minimum atomic E-state index is -0.0489. The van der Waals surface area contributed by atoms with Crippen molar-refractivity contribution in [1.82, 2.24) is 4.98 Å². The lowest BCUT2D eigenvalue weighted by atomic mass is 10.3. The second kappa shape index (κ2) is 7.88. The molecule has 0 N–H and O–H groups in total. The van der Waals surface area contributed by atoms with E-state index in [9.17, 15) is 0 Å². The van der Waals surface area contributed by atoms with E-state index in [-0.39, 0.29) is 12.2 Å². The van der Waals surface area contributed by atoms with Crippen molar-refractivity contribution in [1.29, 1.82) is 0 Å². The van der Waals surface area contributed by atoms with Gasteiger partial charge in [0.2, 0.25) is 0 Å². The fourth-order valence-corrected chi connectivity index (χ4v) is 2.20. The maximum atomic E-state index is 5.73. The zero-order valence-electron chi connectivity index (χ0n) is 12.6. The van der Waals surface area contributed by atoms with Crippen LogP contribution in [0.1, 0.15) is 27.2 Å². The Hall–Kier alpha value is -1.75. The van der Waals surface area contributed by atoms with Gasteiger partial charge in [-0.1, -0.05) is 18.3 Å². The summed E-state index contributed by atoms with van der Waals surface area (Å²) in [4.78, 5) is 4.08. The molecule has 1 heterocycles. The molecule has 2 unspecified atom stereocenters. The zero-order valence-corrected chi connectivity index (χ0v) is 13.4. The van der Waals surface area contributed by atoms with Gasteiger partial charge in [0, 0.05) is 11.6 Å². The standard InChI is InChI=1S/C16H21NO3S/c1-4-12(2)19-15-7-5-14(6-8-15)18-11-13(3)20-16-17-9-10-21-16/h5-10,12-13H,4,11H2,1-3H3. The average Bonchev–Trinajstić information content (AvgIpc) is 2.99. The summed E-state index contributed by atoms with van der Waals surface area (Å²) in [5, 5.41) is 2.56. The predicted octanol–water partition coefficient (Wildman–Crippen LogP) is 4.17. The van der Waals surface area contributed by atoms with Crippen LogP contribution in [-0.4, -0.2) is 23.8 Å². The van der Waals surface area contributed by atoms with Gasteiger partial charge in [-0.05, 0) is 44.5 Å². The van der Waals surface area contributed by atoms with Crippen LogP contribution in [0.4, 0.5) is 0 Å². The third kappa shape index (κ3) is 5.27.